The van der Waals surface area contributed by atoms with Gasteiger partial charge in [0.05, 0.1) is 23.2 Å². The lowest BCUT2D eigenvalue weighted by Crippen LogP contribution is -2.55. The monoisotopic (exact) mass is 847 g/mol. The van der Waals surface area contributed by atoms with Crippen LogP contribution in [-0.4, -0.2) is 156 Å². The molecule has 0 aliphatic carbocycles. The number of benzene rings is 3. The SMILES string of the molecule is C[C@@H](NC(=O)c1cccc(C2CCCNC2)c1)C(=O)N1CCN(CC2CCN(CC(=O)N3CCN(C(=O)c4cc(Cc5n[nH]c(=O)c6ccccc56)ccc4F)CC3)CC2)CC1. The highest BCUT2D eigenvalue weighted by molar-refractivity contribution is 5.97. The predicted octanol–water partition coefficient (Wildman–Crippen LogP) is 3.08. The van der Waals surface area contributed by atoms with Crippen LogP contribution in [0.4, 0.5) is 4.39 Å². The first kappa shape index (κ1) is 43.2. The second kappa shape index (κ2) is 19.7. The van der Waals surface area contributed by atoms with Crippen LogP contribution in [-0.2, 0) is 16.0 Å². The molecule has 0 saturated carbocycles. The van der Waals surface area contributed by atoms with E-state index in [1.54, 1.807) is 41.0 Å². The van der Waals surface area contributed by atoms with Crippen LogP contribution in [0.1, 0.15) is 76.1 Å². The average Bonchev–Trinajstić information content (AvgIpc) is 3.31. The topological polar surface area (TPSA) is 154 Å². The van der Waals surface area contributed by atoms with Crippen molar-refractivity contribution in [3.8, 4) is 0 Å². The number of carbonyl (C=O) groups is 4. The number of carbonyl (C=O) groups excluding carboxylic acids is 4. The Morgan fingerprint density at radius 3 is 2.27 bits per heavy atom. The van der Waals surface area contributed by atoms with E-state index in [0.29, 0.717) is 91.7 Å². The number of rotatable bonds is 11. The van der Waals surface area contributed by atoms with Crippen molar-refractivity contribution in [3.05, 3.63) is 111 Å². The minimum Gasteiger partial charge on any atom is -0.341 e. The van der Waals surface area contributed by atoms with E-state index >= 15 is 4.39 Å². The van der Waals surface area contributed by atoms with E-state index in [-0.39, 0.29) is 28.8 Å². The van der Waals surface area contributed by atoms with Gasteiger partial charge in [0.25, 0.3) is 17.4 Å². The maximum Gasteiger partial charge on any atom is 0.272 e. The predicted molar refractivity (Wildman–Crippen MR) is 234 cm³/mol. The number of halogens is 1. The van der Waals surface area contributed by atoms with E-state index in [1.807, 2.05) is 35.2 Å². The Labute approximate surface area is 361 Å². The molecule has 0 radical (unpaired) electrons. The number of nitrogens with zero attached hydrogens (tertiary/aromatic N) is 6. The summed E-state index contributed by atoms with van der Waals surface area (Å²) in [6, 6.07) is 18.8. The number of piperidine rings is 2. The summed E-state index contributed by atoms with van der Waals surface area (Å²) in [5.74, 6) is -0.323. The van der Waals surface area contributed by atoms with E-state index in [4.69, 9.17) is 0 Å². The Hall–Kier alpha value is -5.51. The third kappa shape index (κ3) is 10.2. The van der Waals surface area contributed by atoms with E-state index in [0.717, 1.165) is 77.1 Å². The second-order valence-electron chi connectivity index (χ2n) is 17.4. The minimum absolute atomic E-state index is 0.0191. The summed E-state index contributed by atoms with van der Waals surface area (Å²) in [6.45, 7) is 11.0. The zero-order valence-corrected chi connectivity index (χ0v) is 35.6. The first-order chi connectivity index (χ1) is 30.1. The molecule has 2 atom stereocenters. The van der Waals surface area contributed by atoms with Gasteiger partial charge < -0.3 is 25.3 Å². The summed E-state index contributed by atoms with van der Waals surface area (Å²) in [6.07, 6.45) is 4.54. The number of piperazine rings is 2. The molecule has 3 N–H and O–H groups in total. The molecule has 4 amide bonds. The summed E-state index contributed by atoms with van der Waals surface area (Å²) >= 11 is 0. The first-order valence-corrected chi connectivity index (χ1v) is 22.3. The lowest BCUT2D eigenvalue weighted by atomic mass is 9.90. The molecule has 8 rings (SSSR count). The van der Waals surface area contributed by atoms with Gasteiger partial charge in [0.15, 0.2) is 0 Å². The summed E-state index contributed by atoms with van der Waals surface area (Å²) in [4.78, 5) is 75.5. The average molecular weight is 848 g/mol. The maximum atomic E-state index is 15.0. The molecule has 328 valence electrons. The van der Waals surface area contributed by atoms with E-state index < -0.39 is 17.8 Å². The quantitative estimate of drug-likeness (QED) is 0.207. The Bertz CT molecular complexity index is 2310. The van der Waals surface area contributed by atoms with Crippen molar-refractivity contribution in [2.24, 2.45) is 5.92 Å². The molecule has 4 aliphatic heterocycles. The maximum absolute atomic E-state index is 15.0. The largest absolute Gasteiger partial charge is 0.341 e. The van der Waals surface area contributed by atoms with Crippen LogP contribution in [0.15, 0.2) is 71.5 Å². The second-order valence-corrected chi connectivity index (χ2v) is 17.4. The van der Waals surface area contributed by atoms with Crippen LogP contribution < -0.4 is 16.2 Å². The highest BCUT2D eigenvalue weighted by Crippen LogP contribution is 2.25. The van der Waals surface area contributed by atoms with Crippen LogP contribution in [0, 0.1) is 11.7 Å². The van der Waals surface area contributed by atoms with Gasteiger partial charge in [0.2, 0.25) is 11.8 Å². The molecule has 62 heavy (non-hydrogen) atoms. The summed E-state index contributed by atoms with van der Waals surface area (Å²) in [7, 11) is 0. The van der Waals surface area contributed by atoms with Crippen LogP contribution >= 0.6 is 0 Å². The molecule has 0 bridgehead atoms. The van der Waals surface area contributed by atoms with Gasteiger partial charge in [-0.05, 0) is 106 Å². The lowest BCUT2D eigenvalue weighted by Gasteiger charge is -2.40. The number of amides is 4. The first-order valence-electron chi connectivity index (χ1n) is 22.3. The molecule has 4 fully saturated rings. The van der Waals surface area contributed by atoms with Crippen molar-refractivity contribution in [2.75, 3.05) is 91.6 Å². The van der Waals surface area contributed by atoms with Gasteiger partial charge in [-0.3, -0.25) is 33.8 Å². The van der Waals surface area contributed by atoms with Crippen molar-refractivity contribution >= 4 is 34.4 Å². The number of hydrogen-bond acceptors (Lipinski definition) is 9. The fourth-order valence-electron chi connectivity index (χ4n) is 9.50. The van der Waals surface area contributed by atoms with Crippen molar-refractivity contribution in [1.82, 2.24) is 45.3 Å². The van der Waals surface area contributed by atoms with Gasteiger partial charge in [0.1, 0.15) is 11.9 Å². The number of likely N-dealkylation sites (tertiary alicyclic amines) is 1. The lowest BCUT2D eigenvalue weighted by molar-refractivity contribution is -0.135. The third-order valence-corrected chi connectivity index (χ3v) is 13.2. The van der Waals surface area contributed by atoms with Gasteiger partial charge in [-0.2, -0.15) is 5.10 Å². The number of aromatic nitrogens is 2. The zero-order valence-electron chi connectivity index (χ0n) is 35.6. The molecule has 4 aromatic rings. The molecule has 1 aromatic heterocycles. The van der Waals surface area contributed by atoms with Crippen LogP contribution in [0.2, 0.25) is 0 Å². The molecular formula is C47H58FN9O5. The van der Waals surface area contributed by atoms with Gasteiger partial charge in [-0.15, -0.1) is 0 Å². The molecule has 0 spiro atoms. The van der Waals surface area contributed by atoms with E-state index in [1.165, 1.54) is 6.07 Å². The molecule has 4 aliphatic rings. The summed E-state index contributed by atoms with van der Waals surface area (Å²) in [5.41, 5.74) is 2.78. The molecule has 15 heteroatoms. The Morgan fingerprint density at radius 1 is 0.806 bits per heavy atom. The molecular weight excluding hydrogens is 790 g/mol. The van der Waals surface area contributed by atoms with Gasteiger partial charge in [0, 0.05) is 82.8 Å². The molecule has 14 nitrogen and oxygen atoms in total. The summed E-state index contributed by atoms with van der Waals surface area (Å²) in [5, 5.41) is 14.4. The normalized spacial score (nSPS) is 20.0. The Kier molecular flexibility index (Phi) is 13.7. The third-order valence-electron chi connectivity index (χ3n) is 13.2. The molecule has 4 saturated heterocycles. The van der Waals surface area contributed by atoms with E-state index in [2.05, 4.69) is 36.7 Å². The smallest absolute Gasteiger partial charge is 0.272 e. The standard InChI is InChI=1S/C47H58FN9O5/c1-32(50-44(59)36-7-4-6-35(28-36)37-8-5-15-49-29-37)46(61)56-20-18-54(19-21-56)30-33-13-16-53(17-14-33)31-43(58)55-22-24-57(25-23-55)47(62)40-26-34(11-12-41(40)48)27-42-38-9-2-3-10-39(38)45(60)52-51-42/h2-4,6-7,9-12,26,28,32-33,37,49H,5,8,13-25,27,29-31H2,1H3,(H,50,59)(H,52,60)/t32-,37?/m1/s1. The van der Waals surface area contributed by atoms with Gasteiger partial charge >= 0.3 is 0 Å². The minimum atomic E-state index is -0.610. The van der Waals surface area contributed by atoms with Crippen molar-refractivity contribution in [3.63, 3.8) is 0 Å². The Morgan fingerprint density at radius 2 is 1.53 bits per heavy atom. The Balaban J connectivity index is 0.733. The fourth-order valence-corrected chi connectivity index (χ4v) is 9.50. The molecule has 3 aromatic carbocycles. The van der Waals surface area contributed by atoms with Crippen LogP contribution in [0.5, 0.6) is 0 Å². The van der Waals surface area contributed by atoms with Crippen LogP contribution in [0.25, 0.3) is 10.8 Å². The van der Waals surface area contributed by atoms with Crippen LogP contribution in [0.3, 0.4) is 0 Å². The highest BCUT2D eigenvalue weighted by Gasteiger charge is 2.31. The highest BCUT2D eigenvalue weighted by atomic mass is 19.1. The zero-order chi connectivity index (χ0) is 43.2. The summed E-state index contributed by atoms with van der Waals surface area (Å²) < 4.78 is 15.0. The molecule has 5 heterocycles. The fraction of sp³-hybridized carbons (Fsp3) is 0.489. The van der Waals surface area contributed by atoms with E-state index in [9.17, 15) is 24.0 Å². The number of hydrogen-bond donors (Lipinski definition) is 3. The number of nitrogens with one attached hydrogen (secondary N) is 3. The molecule has 1 unspecified atom stereocenters. The number of H-pyrrole nitrogens is 1. The number of aromatic amines is 1. The van der Waals surface area contributed by atoms with Gasteiger partial charge in [-0.1, -0.05) is 36.4 Å². The number of fused-ring (bicyclic) bond motifs is 1. The van der Waals surface area contributed by atoms with Crippen molar-refractivity contribution < 1.29 is 23.6 Å². The van der Waals surface area contributed by atoms with Gasteiger partial charge in [-0.25, -0.2) is 9.49 Å². The van der Waals surface area contributed by atoms with Crippen molar-refractivity contribution in [1.29, 1.82) is 0 Å². The van der Waals surface area contributed by atoms with Crippen molar-refractivity contribution in [2.45, 2.75) is 51.0 Å².